The molecule has 1 aromatic heterocycles. The van der Waals surface area contributed by atoms with Gasteiger partial charge in [0.15, 0.2) is 0 Å². The summed E-state index contributed by atoms with van der Waals surface area (Å²) in [7, 11) is 0. The molecule has 0 radical (unpaired) electrons. The van der Waals surface area contributed by atoms with Crippen molar-refractivity contribution >= 4 is 11.6 Å². The lowest BCUT2D eigenvalue weighted by Gasteiger charge is -2.10. The van der Waals surface area contributed by atoms with Crippen LogP contribution in [0.2, 0.25) is 5.28 Å². The molecule has 0 aliphatic heterocycles. The molecule has 0 saturated heterocycles. The van der Waals surface area contributed by atoms with Crippen molar-refractivity contribution in [3.63, 3.8) is 0 Å². The lowest BCUT2D eigenvalue weighted by atomic mass is 10.1. The van der Waals surface area contributed by atoms with Crippen LogP contribution in [-0.2, 0) is 0 Å². The quantitative estimate of drug-likeness (QED) is 0.837. The molecule has 2 rings (SSSR count). The number of rotatable bonds is 3. The summed E-state index contributed by atoms with van der Waals surface area (Å²) in [6.07, 6.45) is 0.941. The molecule has 90 valence electrons. The van der Waals surface area contributed by atoms with Crippen LogP contribution in [-0.4, -0.2) is 14.8 Å². The molecular formula is C12H13ClFN3. The van der Waals surface area contributed by atoms with E-state index in [4.69, 9.17) is 11.6 Å². The average molecular weight is 254 g/mol. The SMILES string of the molecule is CC[C@@H](C)c1nc(Cl)nn1-c1ccc(F)cc1. The second-order valence-corrected chi connectivity index (χ2v) is 4.27. The maximum Gasteiger partial charge on any atom is 0.243 e. The Bertz CT molecular complexity index is 507. The summed E-state index contributed by atoms with van der Waals surface area (Å²) >= 11 is 5.83. The fraction of sp³-hybridized carbons (Fsp3) is 0.333. The molecule has 1 atom stereocenters. The van der Waals surface area contributed by atoms with E-state index in [1.165, 1.54) is 12.1 Å². The Labute approximate surface area is 104 Å². The molecule has 0 unspecified atom stereocenters. The maximum atomic E-state index is 12.9. The maximum absolute atomic E-state index is 12.9. The first-order chi connectivity index (χ1) is 8.11. The second-order valence-electron chi connectivity index (χ2n) is 3.94. The third kappa shape index (κ3) is 2.47. The van der Waals surface area contributed by atoms with Gasteiger partial charge in [0.05, 0.1) is 5.69 Å². The Morgan fingerprint density at radius 2 is 2.00 bits per heavy atom. The van der Waals surface area contributed by atoms with Crippen molar-refractivity contribution in [2.75, 3.05) is 0 Å². The van der Waals surface area contributed by atoms with Crippen molar-refractivity contribution in [1.82, 2.24) is 14.8 Å². The van der Waals surface area contributed by atoms with Crippen molar-refractivity contribution in [2.45, 2.75) is 26.2 Å². The standard InChI is InChI=1S/C12H13ClFN3/c1-3-8(2)11-15-12(13)16-17(11)10-6-4-9(14)5-7-10/h4-8H,3H2,1-2H3/t8-/m1/s1. The minimum atomic E-state index is -0.273. The molecule has 0 amide bonds. The highest BCUT2D eigenvalue weighted by atomic mass is 35.5. The summed E-state index contributed by atoms with van der Waals surface area (Å²) in [6, 6.07) is 6.11. The van der Waals surface area contributed by atoms with Gasteiger partial charge in [-0.3, -0.25) is 0 Å². The van der Waals surface area contributed by atoms with Crippen molar-refractivity contribution in [3.8, 4) is 5.69 Å². The zero-order valence-corrected chi connectivity index (χ0v) is 10.4. The van der Waals surface area contributed by atoms with Crippen LogP contribution in [0.4, 0.5) is 4.39 Å². The molecule has 3 nitrogen and oxygen atoms in total. The van der Waals surface area contributed by atoms with Gasteiger partial charge in [-0.1, -0.05) is 13.8 Å². The van der Waals surface area contributed by atoms with Crippen LogP contribution in [0.15, 0.2) is 24.3 Å². The molecule has 0 fully saturated rings. The first-order valence-electron chi connectivity index (χ1n) is 5.50. The first kappa shape index (κ1) is 12.0. The molecule has 2 aromatic rings. The summed E-state index contributed by atoms with van der Waals surface area (Å²) < 4.78 is 14.5. The number of halogens is 2. The summed E-state index contributed by atoms with van der Waals surface area (Å²) in [5.41, 5.74) is 0.765. The highest BCUT2D eigenvalue weighted by Crippen LogP contribution is 2.21. The van der Waals surface area contributed by atoms with Crippen molar-refractivity contribution in [2.24, 2.45) is 0 Å². The van der Waals surface area contributed by atoms with Crippen LogP contribution in [0.5, 0.6) is 0 Å². The first-order valence-corrected chi connectivity index (χ1v) is 5.88. The molecule has 0 N–H and O–H groups in total. The second kappa shape index (κ2) is 4.84. The normalized spacial score (nSPS) is 12.7. The van der Waals surface area contributed by atoms with E-state index in [0.29, 0.717) is 0 Å². The van der Waals surface area contributed by atoms with E-state index in [9.17, 15) is 4.39 Å². The van der Waals surface area contributed by atoms with Crippen LogP contribution < -0.4 is 0 Å². The van der Waals surface area contributed by atoms with Gasteiger partial charge in [-0.05, 0) is 42.3 Å². The molecule has 17 heavy (non-hydrogen) atoms. The van der Waals surface area contributed by atoms with E-state index >= 15 is 0 Å². The van der Waals surface area contributed by atoms with Gasteiger partial charge >= 0.3 is 0 Å². The zero-order chi connectivity index (χ0) is 12.4. The van der Waals surface area contributed by atoms with Gasteiger partial charge in [-0.15, -0.1) is 5.10 Å². The number of benzene rings is 1. The minimum Gasteiger partial charge on any atom is -0.216 e. The predicted octanol–water partition coefficient (Wildman–Crippen LogP) is 3.57. The number of hydrogen-bond acceptors (Lipinski definition) is 2. The number of nitrogens with zero attached hydrogens (tertiary/aromatic N) is 3. The summed E-state index contributed by atoms with van der Waals surface area (Å²) in [5, 5.41) is 4.34. The summed E-state index contributed by atoms with van der Waals surface area (Å²) in [5.74, 6) is 0.772. The summed E-state index contributed by atoms with van der Waals surface area (Å²) in [6.45, 7) is 4.13. The molecule has 0 bridgehead atoms. The molecule has 0 saturated carbocycles. The van der Waals surface area contributed by atoms with Crippen molar-refractivity contribution in [3.05, 3.63) is 41.2 Å². The van der Waals surface area contributed by atoms with E-state index in [-0.39, 0.29) is 17.0 Å². The molecule has 1 heterocycles. The Hall–Kier alpha value is -1.42. The van der Waals surface area contributed by atoms with Gasteiger partial charge in [0, 0.05) is 5.92 Å². The van der Waals surface area contributed by atoms with Gasteiger partial charge < -0.3 is 0 Å². The highest BCUT2D eigenvalue weighted by Gasteiger charge is 2.15. The van der Waals surface area contributed by atoms with Gasteiger partial charge in [-0.25, -0.2) is 14.1 Å². The van der Waals surface area contributed by atoms with Gasteiger partial charge in [0.1, 0.15) is 11.6 Å². The van der Waals surface area contributed by atoms with Crippen molar-refractivity contribution < 1.29 is 4.39 Å². The Balaban J connectivity index is 2.47. The van der Waals surface area contributed by atoms with Gasteiger partial charge in [-0.2, -0.15) is 0 Å². The van der Waals surface area contributed by atoms with Gasteiger partial charge in [0.2, 0.25) is 5.28 Å². The number of hydrogen-bond donors (Lipinski definition) is 0. The largest absolute Gasteiger partial charge is 0.243 e. The average Bonchev–Trinajstić information content (AvgIpc) is 2.71. The minimum absolute atomic E-state index is 0.213. The van der Waals surface area contributed by atoms with Crippen molar-refractivity contribution in [1.29, 1.82) is 0 Å². The lowest BCUT2D eigenvalue weighted by molar-refractivity contribution is 0.623. The van der Waals surface area contributed by atoms with E-state index < -0.39 is 0 Å². The molecule has 0 spiro atoms. The fourth-order valence-corrected chi connectivity index (χ4v) is 1.73. The van der Waals surface area contributed by atoms with Crippen LogP contribution >= 0.6 is 11.6 Å². The number of aromatic nitrogens is 3. The molecule has 1 aromatic carbocycles. The van der Waals surface area contributed by atoms with Crippen LogP contribution in [0, 0.1) is 5.82 Å². The molecule has 0 aliphatic rings. The zero-order valence-electron chi connectivity index (χ0n) is 9.69. The third-order valence-electron chi connectivity index (χ3n) is 2.73. The topological polar surface area (TPSA) is 30.7 Å². The Kier molecular flexibility index (Phi) is 3.43. The van der Waals surface area contributed by atoms with E-state index in [2.05, 4.69) is 23.9 Å². The van der Waals surface area contributed by atoms with E-state index in [1.807, 2.05) is 0 Å². The Morgan fingerprint density at radius 1 is 1.35 bits per heavy atom. The summed E-state index contributed by atoms with van der Waals surface area (Å²) in [4.78, 5) is 4.20. The fourth-order valence-electron chi connectivity index (χ4n) is 1.57. The lowest BCUT2D eigenvalue weighted by Crippen LogP contribution is -2.06. The van der Waals surface area contributed by atoms with E-state index in [0.717, 1.165) is 17.9 Å². The predicted molar refractivity (Wildman–Crippen MR) is 65.0 cm³/mol. The Morgan fingerprint density at radius 3 is 2.59 bits per heavy atom. The van der Waals surface area contributed by atoms with Crippen LogP contribution in [0.1, 0.15) is 32.0 Å². The smallest absolute Gasteiger partial charge is 0.216 e. The molecule has 0 aliphatic carbocycles. The molecular weight excluding hydrogens is 241 g/mol. The third-order valence-corrected chi connectivity index (χ3v) is 2.89. The monoisotopic (exact) mass is 253 g/mol. The van der Waals surface area contributed by atoms with E-state index in [1.54, 1.807) is 16.8 Å². The highest BCUT2D eigenvalue weighted by molar-refractivity contribution is 6.28. The van der Waals surface area contributed by atoms with Crippen LogP contribution in [0.25, 0.3) is 5.69 Å². The molecule has 5 heteroatoms. The van der Waals surface area contributed by atoms with Gasteiger partial charge in [0.25, 0.3) is 0 Å². The van der Waals surface area contributed by atoms with Crippen LogP contribution in [0.3, 0.4) is 0 Å².